The second kappa shape index (κ2) is 25.9. The fraction of sp³-hybridized carbons (Fsp3) is 0. The first-order valence-corrected chi connectivity index (χ1v) is 28.2. The molecular formula is C80H61N3. The summed E-state index contributed by atoms with van der Waals surface area (Å²) in [6.45, 7) is 0. The van der Waals surface area contributed by atoms with Gasteiger partial charge in [-0.2, -0.15) is 0 Å². The third kappa shape index (κ3) is 13.5. The van der Waals surface area contributed by atoms with Crippen LogP contribution in [0.15, 0.2) is 352 Å². The lowest BCUT2D eigenvalue weighted by Gasteiger charge is -2.10. The summed E-state index contributed by atoms with van der Waals surface area (Å²) in [5.41, 5.74) is 21.3. The van der Waals surface area contributed by atoms with Gasteiger partial charge in [-0.15, -0.1) is 0 Å². The summed E-state index contributed by atoms with van der Waals surface area (Å²) < 4.78 is 0. The van der Waals surface area contributed by atoms with Crippen LogP contribution in [0.5, 0.6) is 0 Å². The summed E-state index contributed by atoms with van der Waals surface area (Å²) in [5, 5.41) is 15.5. The summed E-state index contributed by atoms with van der Waals surface area (Å²) in [6, 6.07) is 123. The minimum absolute atomic E-state index is 1.08. The Labute approximate surface area is 487 Å². The van der Waals surface area contributed by atoms with Crippen molar-refractivity contribution in [3.8, 4) is 66.8 Å². The van der Waals surface area contributed by atoms with E-state index in [1.807, 2.05) is 24.3 Å². The molecule has 0 unspecified atom stereocenters. The van der Waals surface area contributed by atoms with E-state index in [9.17, 15) is 0 Å². The number of benzene rings is 14. The number of rotatable bonds is 12. The van der Waals surface area contributed by atoms with Crippen molar-refractivity contribution in [3.63, 3.8) is 0 Å². The Bertz CT molecular complexity index is 4210. The number of hydrogen-bond donors (Lipinski definition) is 3. The molecular weight excluding hydrogens is 1000 g/mol. The van der Waals surface area contributed by atoms with E-state index in [1.165, 1.54) is 88.3 Å². The van der Waals surface area contributed by atoms with Gasteiger partial charge in [0.15, 0.2) is 0 Å². The Morgan fingerprint density at radius 3 is 0.759 bits per heavy atom. The summed E-state index contributed by atoms with van der Waals surface area (Å²) in [7, 11) is 0. The zero-order valence-electron chi connectivity index (χ0n) is 46.0. The second-order valence-electron chi connectivity index (χ2n) is 20.4. The number of nitrogens with one attached hydrogen (secondary N) is 3. The van der Waals surface area contributed by atoms with Gasteiger partial charge in [-0.25, -0.2) is 0 Å². The van der Waals surface area contributed by atoms with Gasteiger partial charge in [-0.3, -0.25) is 0 Å². The van der Waals surface area contributed by atoms with Crippen LogP contribution in [0.1, 0.15) is 0 Å². The predicted molar refractivity (Wildman–Crippen MR) is 356 cm³/mol. The zero-order chi connectivity index (χ0) is 55.8. The molecule has 0 fully saturated rings. The summed E-state index contributed by atoms with van der Waals surface area (Å²) >= 11 is 0. The fourth-order valence-corrected chi connectivity index (χ4v) is 10.3. The molecule has 3 heteroatoms. The van der Waals surface area contributed by atoms with E-state index in [0.717, 1.165) is 34.1 Å². The average Bonchev–Trinajstić information content (AvgIpc) is 3.60. The van der Waals surface area contributed by atoms with Gasteiger partial charge in [0.05, 0.1) is 0 Å². The maximum absolute atomic E-state index is 3.50. The maximum atomic E-state index is 3.50. The molecule has 0 aliphatic rings. The molecule has 0 bridgehead atoms. The Hall–Kier alpha value is -11.0. The van der Waals surface area contributed by atoms with E-state index in [4.69, 9.17) is 0 Å². The standard InChI is InChI=1S/2C28H21N.C24H19N/c1-2-7-21(8-3-1)22-13-17-25(18-14-22)29-26-19-15-24(16-20-26)28-12-6-10-23-9-4-5-11-27(23)28;1-2-6-21(7-3-1)23-12-16-27(17-13-23)29-28-18-14-24(15-19-28)26-11-10-22-8-4-5-9-25(22)20-26;1-3-7-19(8-4-1)21-11-15-23(16-12-21)25-24-17-13-22(14-18-24)20-9-5-2-6-10-20/h2*1-20,29H;1-18,25H. The molecule has 0 aromatic heterocycles. The highest BCUT2D eigenvalue weighted by atomic mass is 14.9. The number of hydrogen-bond acceptors (Lipinski definition) is 3. The normalized spacial score (nSPS) is 10.7. The molecule has 14 aromatic carbocycles. The molecule has 0 spiro atoms. The van der Waals surface area contributed by atoms with Gasteiger partial charge in [0.25, 0.3) is 0 Å². The van der Waals surface area contributed by atoms with Crippen LogP contribution in [-0.4, -0.2) is 0 Å². The third-order valence-corrected chi connectivity index (χ3v) is 14.8. The average molecular weight is 1060 g/mol. The SMILES string of the molecule is c1ccc(-c2ccc(Nc3ccc(-c4ccc5ccccc5c4)cc3)cc2)cc1.c1ccc(-c2ccc(Nc3ccc(-c4cccc5ccccc45)cc3)cc2)cc1.c1ccc(-c2ccc(Nc3ccc(-c4ccccc4)cc3)cc2)cc1. The minimum Gasteiger partial charge on any atom is -0.356 e. The number of fused-ring (bicyclic) bond motifs is 2. The van der Waals surface area contributed by atoms with Crippen LogP contribution in [0.2, 0.25) is 0 Å². The van der Waals surface area contributed by atoms with Crippen LogP contribution < -0.4 is 16.0 Å². The molecule has 0 heterocycles. The third-order valence-electron chi connectivity index (χ3n) is 14.8. The first kappa shape index (κ1) is 52.7. The molecule has 14 rings (SSSR count). The van der Waals surface area contributed by atoms with Crippen molar-refractivity contribution < 1.29 is 0 Å². The molecule has 0 amide bonds. The molecule has 0 aliphatic carbocycles. The van der Waals surface area contributed by atoms with Crippen molar-refractivity contribution in [2.75, 3.05) is 16.0 Å². The topological polar surface area (TPSA) is 36.1 Å². The Morgan fingerprint density at radius 1 is 0.145 bits per heavy atom. The predicted octanol–water partition coefficient (Wildman–Crippen LogP) is 22.6. The van der Waals surface area contributed by atoms with Crippen molar-refractivity contribution in [1.29, 1.82) is 0 Å². The lowest BCUT2D eigenvalue weighted by Crippen LogP contribution is -1.90. The van der Waals surface area contributed by atoms with Crippen LogP contribution in [-0.2, 0) is 0 Å². The van der Waals surface area contributed by atoms with Crippen molar-refractivity contribution in [2.45, 2.75) is 0 Å². The molecule has 83 heavy (non-hydrogen) atoms. The molecule has 0 aliphatic heterocycles. The van der Waals surface area contributed by atoms with Crippen LogP contribution in [0.25, 0.3) is 88.3 Å². The summed E-state index contributed by atoms with van der Waals surface area (Å²) in [4.78, 5) is 0. The van der Waals surface area contributed by atoms with Gasteiger partial charge >= 0.3 is 0 Å². The Balaban J connectivity index is 0.000000123. The first-order valence-electron chi connectivity index (χ1n) is 28.2. The molecule has 0 saturated heterocycles. The monoisotopic (exact) mass is 1060 g/mol. The van der Waals surface area contributed by atoms with Crippen molar-refractivity contribution in [1.82, 2.24) is 0 Å². The van der Waals surface area contributed by atoms with E-state index in [0.29, 0.717) is 0 Å². The van der Waals surface area contributed by atoms with Gasteiger partial charge in [-0.1, -0.05) is 273 Å². The largest absolute Gasteiger partial charge is 0.356 e. The van der Waals surface area contributed by atoms with Crippen molar-refractivity contribution >= 4 is 55.7 Å². The quantitative estimate of drug-likeness (QED) is 0.114. The van der Waals surface area contributed by atoms with Crippen molar-refractivity contribution in [3.05, 3.63) is 352 Å². The van der Waals surface area contributed by atoms with Gasteiger partial charge in [-0.05, 0) is 167 Å². The van der Waals surface area contributed by atoms with E-state index >= 15 is 0 Å². The zero-order valence-corrected chi connectivity index (χ0v) is 46.0. The van der Waals surface area contributed by atoms with Gasteiger partial charge in [0.2, 0.25) is 0 Å². The van der Waals surface area contributed by atoms with Crippen LogP contribution in [0, 0.1) is 0 Å². The summed E-state index contributed by atoms with van der Waals surface area (Å²) in [6.07, 6.45) is 0. The number of anilines is 6. The highest BCUT2D eigenvalue weighted by molar-refractivity contribution is 5.97. The second-order valence-corrected chi connectivity index (χ2v) is 20.4. The molecule has 0 saturated carbocycles. The highest BCUT2D eigenvalue weighted by Crippen LogP contribution is 2.33. The molecule has 3 nitrogen and oxygen atoms in total. The lowest BCUT2D eigenvalue weighted by molar-refractivity contribution is 1.53. The van der Waals surface area contributed by atoms with Crippen LogP contribution >= 0.6 is 0 Å². The first-order chi connectivity index (χ1) is 41.1. The fourth-order valence-electron chi connectivity index (χ4n) is 10.3. The molecule has 14 aromatic rings. The maximum Gasteiger partial charge on any atom is 0.0384 e. The van der Waals surface area contributed by atoms with Crippen molar-refractivity contribution in [2.24, 2.45) is 0 Å². The van der Waals surface area contributed by atoms with E-state index in [1.54, 1.807) is 0 Å². The Kier molecular flexibility index (Phi) is 16.4. The van der Waals surface area contributed by atoms with Crippen LogP contribution in [0.4, 0.5) is 34.1 Å². The van der Waals surface area contributed by atoms with E-state index in [-0.39, 0.29) is 0 Å². The Morgan fingerprint density at radius 2 is 0.398 bits per heavy atom. The van der Waals surface area contributed by atoms with Crippen LogP contribution in [0.3, 0.4) is 0 Å². The lowest BCUT2D eigenvalue weighted by atomic mass is 9.98. The van der Waals surface area contributed by atoms with E-state index in [2.05, 4.69) is 344 Å². The molecule has 0 atom stereocenters. The minimum atomic E-state index is 1.08. The molecule has 0 radical (unpaired) electrons. The summed E-state index contributed by atoms with van der Waals surface area (Å²) in [5.74, 6) is 0. The van der Waals surface area contributed by atoms with E-state index < -0.39 is 0 Å². The van der Waals surface area contributed by atoms with Gasteiger partial charge in [0, 0.05) is 34.1 Å². The van der Waals surface area contributed by atoms with Gasteiger partial charge in [0.1, 0.15) is 0 Å². The molecule has 396 valence electrons. The highest BCUT2D eigenvalue weighted by Gasteiger charge is 2.07. The van der Waals surface area contributed by atoms with Gasteiger partial charge < -0.3 is 16.0 Å². The molecule has 3 N–H and O–H groups in total. The smallest absolute Gasteiger partial charge is 0.0384 e.